The Labute approximate surface area is 128 Å². The van der Waals surface area contributed by atoms with Crippen molar-refractivity contribution >= 4 is 0 Å². The van der Waals surface area contributed by atoms with E-state index in [2.05, 4.69) is 62.3 Å². The van der Waals surface area contributed by atoms with Gasteiger partial charge in [-0.1, -0.05) is 38.8 Å². The topological polar surface area (TPSA) is 29.9 Å². The minimum Gasteiger partial charge on any atom is -0.307 e. The number of nitrogens with zero attached hydrogens (tertiary/aromatic N) is 2. The van der Waals surface area contributed by atoms with Gasteiger partial charge >= 0.3 is 0 Å². The average Bonchev–Trinajstić information content (AvgIpc) is 3.03. The maximum Gasteiger partial charge on any atom is 0.0991 e. The van der Waals surface area contributed by atoms with Crippen molar-refractivity contribution in [2.75, 3.05) is 0 Å². The molecule has 0 bridgehead atoms. The molecular formula is C18H27N3. The first kappa shape index (κ1) is 15.8. The number of hydrogen-bond donors (Lipinski definition) is 1. The van der Waals surface area contributed by atoms with E-state index in [4.69, 9.17) is 0 Å². The van der Waals surface area contributed by atoms with Gasteiger partial charge in [0.15, 0.2) is 0 Å². The number of aromatic nitrogens is 2. The quantitative estimate of drug-likeness (QED) is 0.819. The minimum atomic E-state index is 0.373. The highest BCUT2D eigenvalue weighted by Crippen LogP contribution is 2.19. The van der Waals surface area contributed by atoms with Crippen LogP contribution in [-0.4, -0.2) is 15.6 Å². The summed E-state index contributed by atoms with van der Waals surface area (Å²) in [6.45, 7) is 9.09. The summed E-state index contributed by atoms with van der Waals surface area (Å²) in [5, 5.41) is 3.73. The fraction of sp³-hybridized carbons (Fsp3) is 0.500. The highest BCUT2D eigenvalue weighted by molar-refractivity contribution is 5.35. The van der Waals surface area contributed by atoms with Crippen LogP contribution in [-0.2, 0) is 0 Å². The Morgan fingerprint density at radius 2 is 1.76 bits per heavy atom. The Bertz CT molecular complexity index is 512. The lowest BCUT2D eigenvalue weighted by Gasteiger charge is -2.26. The molecule has 1 heterocycles. The molecule has 2 unspecified atom stereocenters. The molecule has 0 spiro atoms. The van der Waals surface area contributed by atoms with Crippen molar-refractivity contribution in [2.45, 2.75) is 52.6 Å². The van der Waals surface area contributed by atoms with Crippen molar-refractivity contribution < 1.29 is 0 Å². The zero-order valence-corrected chi connectivity index (χ0v) is 13.6. The standard InChI is InChI=1S/C18H27N3/c1-5-16(6-2)14(3)20-15(4)17-7-9-18(10-8-17)21-12-11-19-13-21/h7-16,20H,5-6H2,1-4H3. The molecule has 0 saturated heterocycles. The average molecular weight is 285 g/mol. The van der Waals surface area contributed by atoms with E-state index in [1.165, 1.54) is 18.4 Å². The van der Waals surface area contributed by atoms with Gasteiger partial charge in [-0.25, -0.2) is 4.98 Å². The molecule has 3 heteroatoms. The van der Waals surface area contributed by atoms with E-state index in [1.807, 2.05) is 17.1 Å². The maximum atomic E-state index is 4.08. The van der Waals surface area contributed by atoms with Crippen molar-refractivity contribution in [1.82, 2.24) is 14.9 Å². The monoisotopic (exact) mass is 285 g/mol. The molecule has 2 atom stereocenters. The molecular weight excluding hydrogens is 258 g/mol. The molecule has 2 rings (SSSR count). The summed E-state index contributed by atoms with van der Waals surface area (Å²) in [5.41, 5.74) is 2.48. The van der Waals surface area contributed by atoms with Crippen LogP contribution >= 0.6 is 0 Å². The number of benzene rings is 1. The van der Waals surface area contributed by atoms with Crippen LogP contribution in [0.4, 0.5) is 0 Å². The molecule has 0 aliphatic rings. The second-order valence-corrected chi connectivity index (χ2v) is 5.82. The fourth-order valence-corrected chi connectivity index (χ4v) is 2.97. The molecule has 3 nitrogen and oxygen atoms in total. The highest BCUT2D eigenvalue weighted by Gasteiger charge is 2.16. The first-order chi connectivity index (χ1) is 10.2. The number of imidazole rings is 1. The smallest absolute Gasteiger partial charge is 0.0991 e. The van der Waals surface area contributed by atoms with Gasteiger partial charge < -0.3 is 9.88 Å². The van der Waals surface area contributed by atoms with Crippen molar-refractivity contribution in [2.24, 2.45) is 5.92 Å². The summed E-state index contributed by atoms with van der Waals surface area (Å²) in [6, 6.07) is 9.62. The summed E-state index contributed by atoms with van der Waals surface area (Å²) in [5.74, 6) is 0.748. The van der Waals surface area contributed by atoms with E-state index in [1.54, 1.807) is 6.20 Å². The second kappa shape index (κ2) is 7.41. The van der Waals surface area contributed by atoms with Crippen molar-refractivity contribution in [3.63, 3.8) is 0 Å². The summed E-state index contributed by atoms with van der Waals surface area (Å²) in [7, 11) is 0. The van der Waals surface area contributed by atoms with Crippen molar-refractivity contribution in [3.05, 3.63) is 48.5 Å². The van der Waals surface area contributed by atoms with Crippen molar-refractivity contribution in [3.8, 4) is 5.69 Å². The second-order valence-electron chi connectivity index (χ2n) is 5.82. The van der Waals surface area contributed by atoms with E-state index < -0.39 is 0 Å². The summed E-state index contributed by atoms with van der Waals surface area (Å²) >= 11 is 0. The molecule has 0 radical (unpaired) electrons. The molecule has 0 aliphatic carbocycles. The number of hydrogen-bond acceptors (Lipinski definition) is 2. The molecule has 0 amide bonds. The van der Waals surface area contributed by atoms with Crippen LogP contribution in [0.3, 0.4) is 0 Å². The van der Waals surface area contributed by atoms with Gasteiger partial charge in [0.25, 0.3) is 0 Å². The Hall–Kier alpha value is -1.61. The lowest BCUT2D eigenvalue weighted by molar-refractivity contribution is 0.330. The number of rotatable bonds is 7. The van der Waals surface area contributed by atoms with Crippen LogP contribution in [0.1, 0.15) is 52.1 Å². The van der Waals surface area contributed by atoms with Gasteiger partial charge in [-0.05, 0) is 37.5 Å². The van der Waals surface area contributed by atoms with Crippen LogP contribution in [0.25, 0.3) is 5.69 Å². The zero-order chi connectivity index (χ0) is 15.2. The first-order valence-corrected chi connectivity index (χ1v) is 8.00. The molecule has 2 aromatic rings. The molecule has 114 valence electrons. The lowest BCUT2D eigenvalue weighted by atomic mass is 9.94. The molecule has 21 heavy (non-hydrogen) atoms. The Morgan fingerprint density at radius 3 is 2.29 bits per heavy atom. The molecule has 0 aliphatic heterocycles. The zero-order valence-electron chi connectivity index (χ0n) is 13.6. The van der Waals surface area contributed by atoms with E-state index in [0.29, 0.717) is 12.1 Å². The third-order valence-corrected chi connectivity index (χ3v) is 4.46. The van der Waals surface area contributed by atoms with Gasteiger partial charge in [0.05, 0.1) is 6.33 Å². The van der Waals surface area contributed by atoms with E-state index in [9.17, 15) is 0 Å². The third-order valence-electron chi connectivity index (χ3n) is 4.46. The van der Waals surface area contributed by atoms with Crippen LogP contribution in [0, 0.1) is 5.92 Å². The summed E-state index contributed by atoms with van der Waals surface area (Å²) in [6.07, 6.45) is 8.06. The normalized spacial score (nSPS) is 14.3. The van der Waals surface area contributed by atoms with E-state index in [0.717, 1.165) is 11.6 Å². The van der Waals surface area contributed by atoms with E-state index in [-0.39, 0.29) is 0 Å². The Morgan fingerprint density at radius 1 is 1.10 bits per heavy atom. The van der Waals surface area contributed by atoms with Gasteiger partial charge in [-0.15, -0.1) is 0 Å². The van der Waals surface area contributed by atoms with Gasteiger partial charge in [0.2, 0.25) is 0 Å². The first-order valence-electron chi connectivity index (χ1n) is 8.00. The van der Waals surface area contributed by atoms with Crippen LogP contribution in [0.5, 0.6) is 0 Å². The van der Waals surface area contributed by atoms with Gasteiger partial charge in [-0.3, -0.25) is 0 Å². The largest absolute Gasteiger partial charge is 0.307 e. The van der Waals surface area contributed by atoms with Crippen LogP contribution < -0.4 is 5.32 Å². The molecule has 0 fully saturated rings. The Kier molecular flexibility index (Phi) is 5.57. The van der Waals surface area contributed by atoms with Crippen molar-refractivity contribution in [1.29, 1.82) is 0 Å². The minimum absolute atomic E-state index is 0.373. The SMILES string of the molecule is CCC(CC)C(C)NC(C)c1ccc(-n2ccnc2)cc1. The number of nitrogens with one attached hydrogen (secondary N) is 1. The maximum absolute atomic E-state index is 4.08. The van der Waals surface area contributed by atoms with Gasteiger partial charge in [-0.2, -0.15) is 0 Å². The third kappa shape index (κ3) is 3.94. The predicted molar refractivity (Wildman–Crippen MR) is 88.6 cm³/mol. The predicted octanol–water partition coefficient (Wildman–Crippen LogP) is 4.35. The van der Waals surface area contributed by atoms with Crippen LogP contribution in [0.15, 0.2) is 43.0 Å². The molecule has 0 saturated carbocycles. The van der Waals surface area contributed by atoms with E-state index >= 15 is 0 Å². The lowest BCUT2D eigenvalue weighted by Crippen LogP contribution is -2.34. The molecule has 1 aromatic heterocycles. The van der Waals surface area contributed by atoms with Gasteiger partial charge in [0, 0.05) is 30.2 Å². The Balaban J connectivity index is 2.01. The summed E-state index contributed by atoms with van der Waals surface area (Å²) in [4.78, 5) is 4.08. The fourth-order valence-electron chi connectivity index (χ4n) is 2.97. The highest BCUT2D eigenvalue weighted by atomic mass is 15.0. The molecule has 1 N–H and O–H groups in total. The van der Waals surface area contributed by atoms with Gasteiger partial charge in [0.1, 0.15) is 0 Å². The summed E-state index contributed by atoms with van der Waals surface area (Å²) < 4.78 is 2.02. The molecule has 1 aromatic carbocycles. The van der Waals surface area contributed by atoms with Crippen LogP contribution in [0.2, 0.25) is 0 Å².